The molecule has 9 heteroatoms. The summed E-state index contributed by atoms with van der Waals surface area (Å²) in [5.41, 5.74) is 6.31. The molecular weight excluding hydrogens is 442 g/mol. The van der Waals surface area contributed by atoms with E-state index in [-0.39, 0.29) is 37.3 Å². The van der Waals surface area contributed by atoms with Gasteiger partial charge in [-0.1, -0.05) is 15.9 Å². The summed E-state index contributed by atoms with van der Waals surface area (Å²) in [6.07, 6.45) is 0.495. The summed E-state index contributed by atoms with van der Waals surface area (Å²) in [4.78, 5) is 48.7. The minimum atomic E-state index is -0.576. The molecule has 2 aromatic carbocycles. The Labute approximate surface area is 175 Å². The van der Waals surface area contributed by atoms with Crippen LogP contribution in [0.2, 0.25) is 0 Å². The second-order valence-corrected chi connectivity index (χ2v) is 7.30. The lowest BCUT2D eigenvalue weighted by Crippen LogP contribution is -2.31. The molecule has 0 atom stereocenters. The van der Waals surface area contributed by atoms with Crippen LogP contribution in [0.1, 0.15) is 33.6 Å². The van der Waals surface area contributed by atoms with Crippen LogP contribution in [0.25, 0.3) is 0 Å². The molecular formula is C20H18BrN3O5. The van der Waals surface area contributed by atoms with Crippen molar-refractivity contribution in [2.45, 2.75) is 12.8 Å². The van der Waals surface area contributed by atoms with Crippen molar-refractivity contribution < 1.29 is 23.9 Å². The zero-order valence-corrected chi connectivity index (χ0v) is 16.9. The van der Waals surface area contributed by atoms with Gasteiger partial charge in [-0.3, -0.25) is 24.1 Å². The van der Waals surface area contributed by atoms with Crippen molar-refractivity contribution in [2.75, 3.05) is 18.5 Å². The monoisotopic (exact) mass is 459 g/mol. The largest absolute Gasteiger partial charge is 0.484 e. The van der Waals surface area contributed by atoms with Crippen molar-refractivity contribution in [3.05, 3.63) is 58.1 Å². The first-order valence-electron chi connectivity index (χ1n) is 8.82. The summed E-state index contributed by atoms with van der Waals surface area (Å²) in [6, 6.07) is 11.4. The molecule has 0 saturated carbocycles. The SMILES string of the molecule is NC(=O)COc1ccc(NC(=O)CCCN2C(=O)c3ccc(Br)cc3C2=O)cc1. The highest BCUT2D eigenvalue weighted by atomic mass is 79.9. The number of halogens is 1. The summed E-state index contributed by atoms with van der Waals surface area (Å²) in [7, 11) is 0. The van der Waals surface area contributed by atoms with Gasteiger partial charge in [-0.15, -0.1) is 0 Å². The predicted octanol–water partition coefficient (Wildman–Crippen LogP) is 2.33. The number of primary amides is 1. The Hall–Kier alpha value is -3.20. The Balaban J connectivity index is 1.47. The number of rotatable bonds is 8. The van der Waals surface area contributed by atoms with Gasteiger partial charge in [0, 0.05) is 23.1 Å². The zero-order valence-electron chi connectivity index (χ0n) is 15.3. The second kappa shape index (κ2) is 8.87. The van der Waals surface area contributed by atoms with E-state index in [1.165, 1.54) is 0 Å². The number of nitrogens with one attached hydrogen (secondary N) is 1. The lowest BCUT2D eigenvalue weighted by Gasteiger charge is -2.13. The lowest BCUT2D eigenvalue weighted by molar-refractivity contribution is -0.120. The molecule has 150 valence electrons. The van der Waals surface area contributed by atoms with Crippen LogP contribution in [-0.2, 0) is 9.59 Å². The number of hydrogen-bond acceptors (Lipinski definition) is 5. The number of nitrogens with two attached hydrogens (primary N) is 1. The molecule has 3 N–H and O–H groups in total. The molecule has 0 aromatic heterocycles. The highest BCUT2D eigenvalue weighted by Gasteiger charge is 2.35. The molecule has 0 radical (unpaired) electrons. The van der Waals surface area contributed by atoms with Crippen LogP contribution in [0.4, 0.5) is 5.69 Å². The molecule has 1 aliphatic rings. The standard InChI is InChI=1S/C20H18BrN3O5/c21-12-3-8-15-16(10-12)20(28)24(19(15)27)9-1-2-18(26)23-13-4-6-14(7-5-13)29-11-17(22)25/h3-8,10H,1-2,9,11H2,(H2,22,25)(H,23,26). The number of imide groups is 1. The molecule has 1 aliphatic heterocycles. The fraction of sp³-hybridized carbons (Fsp3) is 0.200. The first kappa shape index (κ1) is 20.5. The number of anilines is 1. The van der Waals surface area contributed by atoms with Gasteiger partial charge in [0.25, 0.3) is 17.7 Å². The van der Waals surface area contributed by atoms with Crippen molar-refractivity contribution in [3.63, 3.8) is 0 Å². The topological polar surface area (TPSA) is 119 Å². The van der Waals surface area contributed by atoms with Gasteiger partial charge in [-0.2, -0.15) is 0 Å². The minimum Gasteiger partial charge on any atom is -0.484 e. The van der Waals surface area contributed by atoms with Crippen LogP contribution in [0.3, 0.4) is 0 Å². The van der Waals surface area contributed by atoms with Gasteiger partial charge < -0.3 is 15.8 Å². The Kier molecular flexibility index (Phi) is 6.28. The Morgan fingerprint density at radius 1 is 1.03 bits per heavy atom. The molecule has 0 fully saturated rings. The normalized spacial score (nSPS) is 12.7. The third-order valence-electron chi connectivity index (χ3n) is 4.24. The smallest absolute Gasteiger partial charge is 0.261 e. The number of carbonyl (C=O) groups is 4. The molecule has 3 rings (SSSR count). The van der Waals surface area contributed by atoms with E-state index < -0.39 is 5.91 Å². The molecule has 0 spiro atoms. The summed E-state index contributed by atoms with van der Waals surface area (Å²) in [5, 5.41) is 2.73. The molecule has 29 heavy (non-hydrogen) atoms. The van der Waals surface area contributed by atoms with Crippen LogP contribution in [0.15, 0.2) is 46.9 Å². The van der Waals surface area contributed by atoms with Gasteiger partial charge in [0.1, 0.15) is 5.75 Å². The van der Waals surface area contributed by atoms with E-state index in [0.717, 1.165) is 9.37 Å². The third-order valence-corrected chi connectivity index (χ3v) is 4.73. The van der Waals surface area contributed by atoms with Gasteiger partial charge in [-0.25, -0.2) is 0 Å². The van der Waals surface area contributed by atoms with Crippen LogP contribution in [0.5, 0.6) is 5.75 Å². The van der Waals surface area contributed by atoms with Crippen molar-refractivity contribution in [1.29, 1.82) is 0 Å². The van der Waals surface area contributed by atoms with Crippen molar-refractivity contribution in [2.24, 2.45) is 5.73 Å². The molecule has 4 amide bonds. The number of hydrogen-bond donors (Lipinski definition) is 2. The van der Waals surface area contributed by atoms with Gasteiger partial charge in [-0.05, 0) is 48.9 Å². The molecule has 2 aromatic rings. The average Bonchev–Trinajstić information content (AvgIpc) is 2.91. The number of nitrogens with zero attached hydrogens (tertiary/aromatic N) is 1. The van der Waals surface area contributed by atoms with Crippen molar-refractivity contribution >= 4 is 45.2 Å². The van der Waals surface area contributed by atoms with Gasteiger partial charge in [0.2, 0.25) is 5.91 Å². The number of ether oxygens (including phenoxy) is 1. The first-order valence-corrected chi connectivity index (χ1v) is 9.61. The summed E-state index contributed by atoms with van der Waals surface area (Å²) in [5.74, 6) is -1.05. The van der Waals surface area contributed by atoms with Gasteiger partial charge in [0.15, 0.2) is 6.61 Å². The van der Waals surface area contributed by atoms with Crippen LogP contribution in [0, 0.1) is 0 Å². The Morgan fingerprint density at radius 3 is 2.41 bits per heavy atom. The quantitative estimate of drug-likeness (QED) is 0.587. The van der Waals surface area contributed by atoms with E-state index in [4.69, 9.17) is 10.5 Å². The Bertz CT molecular complexity index is 975. The average molecular weight is 460 g/mol. The van der Waals surface area contributed by atoms with E-state index in [0.29, 0.717) is 29.0 Å². The predicted molar refractivity (Wildman–Crippen MR) is 109 cm³/mol. The molecule has 0 unspecified atom stereocenters. The highest BCUT2D eigenvalue weighted by Crippen LogP contribution is 2.26. The van der Waals surface area contributed by atoms with Crippen molar-refractivity contribution in [3.8, 4) is 5.75 Å². The minimum absolute atomic E-state index is 0.150. The van der Waals surface area contributed by atoms with E-state index in [2.05, 4.69) is 21.2 Å². The molecule has 0 saturated heterocycles. The maximum absolute atomic E-state index is 12.4. The Morgan fingerprint density at radius 2 is 1.72 bits per heavy atom. The van der Waals surface area contributed by atoms with E-state index in [9.17, 15) is 19.2 Å². The molecule has 0 bridgehead atoms. The van der Waals surface area contributed by atoms with E-state index >= 15 is 0 Å². The first-order chi connectivity index (χ1) is 13.8. The number of fused-ring (bicyclic) bond motifs is 1. The molecule has 8 nitrogen and oxygen atoms in total. The van der Waals surface area contributed by atoms with Crippen LogP contribution in [-0.4, -0.2) is 41.7 Å². The van der Waals surface area contributed by atoms with Crippen molar-refractivity contribution in [1.82, 2.24) is 4.90 Å². The summed E-state index contributed by atoms with van der Waals surface area (Å²) in [6.45, 7) is -0.0578. The van der Waals surface area contributed by atoms with Crippen LogP contribution < -0.4 is 15.8 Å². The molecule has 0 aliphatic carbocycles. The van der Waals surface area contributed by atoms with E-state index in [1.807, 2.05) is 0 Å². The van der Waals surface area contributed by atoms with Gasteiger partial charge >= 0.3 is 0 Å². The van der Waals surface area contributed by atoms with Crippen LogP contribution >= 0.6 is 15.9 Å². The second-order valence-electron chi connectivity index (χ2n) is 6.38. The summed E-state index contributed by atoms with van der Waals surface area (Å²) >= 11 is 3.29. The maximum atomic E-state index is 12.4. The lowest BCUT2D eigenvalue weighted by atomic mass is 10.1. The molecule has 1 heterocycles. The van der Waals surface area contributed by atoms with E-state index in [1.54, 1.807) is 42.5 Å². The maximum Gasteiger partial charge on any atom is 0.261 e. The third kappa shape index (κ3) is 5.00. The number of benzene rings is 2. The van der Waals surface area contributed by atoms with Gasteiger partial charge in [0.05, 0.1) is 11.1 Å². The highest BCUT2D eigenvalue weighted by molar-refractivity contribution is 9.10. The zero-order chi connectivity index (χ0) is 21.0. The number of carbonyl (C=O) groups excluding carboxylic acids is 4. The number of amides is 4. The fourth-order valence-corrected chi connectivity index (χ4v) is 3.24. The summed E-state index contributed by atoms with van der Waals surface area (Å²) < 4.78 is 5.87. The fourth-order valence-electron chi connectivity index (χ4n) is 2.88.